The molecule has 0 radical (unpaired) electrons. The molecule has 7 nitrogen and oxygen atoms in total. The highest BCUT2D eigenvalue weighted by molar-refractivity contribution is 7.89. The summed E-state index contributed by atoms with van der Waals surface area (Å²) in [7, 11) is -4.49. The molecule has 11 heteroatoms. The van der Waals surface area contributed by atoms with Gasteiger partial charge in [-0.2, -0.15) is 13.5 Å². The van der Waals surface area contributed by atoms with Gasteiger partial charge in [-0.25, -0.2) is 8.42 Å². The molecule has 1 saturated carbocycles. The van der Waals surface area contributed by atoms with Crippen molar-refractivity contribution in [3.05, 3.63) is 59.1 Å². The number of rotatable bonds is 9. The van der Waals surface area contributed by atoms with Crippen molar-refractivity contribution < 1.29 is 26.7 Å². The standard InChI is InChI=1S/C26H32ClF2N3O4S/c27-20-8-6-19(7-9-20)26(28,29)24(25(33)32-15-14-21(30)16-32)31-37(34,35)23-12-10-22(11-13-23)36-17-18-4-2-1-3-5-18/h6-13,18,21,24,31H,1-5,14-17,30H2/t21-,24-/m0/s1. The lowest BCUT2D eigenvalue weighted by molar-refractivity contribution is -0.143. The average molecular weight is 556 g/mol. The molecule has 0 bridgehead atoms. The van der Waals surface area contributed by atoms with Crippen molar-refractivity contribution >= 4 is 27.5 Å². The monoisotopic (exact) mass is 555 g/mol. The second-order valence-electron chi connectivity index (χ2n) is 9.80. The number of sulfonamides is 1. The highest BCUT2D eigenvalue weighted by atomic mass is 35.5. The SMILES string of the molecule is N[C@H]1CCN(C(=O)[C@H](NS(=O)(=O)c2ccc(OCC3CCCCC3)cc2)C(F)(F)c2ccc(Cl)cc2)C1. The Kier molecular flexibility index (Phi) is 8.73. The van der Waals surface area contributed by atoms with Crippen molar-refractivity contribution in [2.24, 2.45) is 11.7 Å². The van der Waals surface area contributed by atoms with E-state index in [2.05, 4.69) is 0 Å². The van der Waals surface area contributed by atoms with Crippen LogP contribution < -0.4 is 15.2 Å². The molecule has 37 heavy (non-hydrogen) atoms. The van der Waals surface area contributed by atoms with E-state index in [0.29, 0.717) is 24.7 Å². The topological polar surface area (TPSA) is 102 Å². The van der Waals surface area contributed by atoms with Gasteiger partial charge < -0.3 is 15.4 Å². The molecule has 1 aliphatic heterocycles. The Bertz CT molecular complexity index is 1170. The third kappa shape index (κ3) is 6.79. The first-order valence-electron chi connectivity index (χ1n) is 12.5. The summed E-state index contributed by atoms with van der Waals surface area (Å²) in [6.45, 7) is 0.787. The molecule has 0 unspecified atom stereocenters. The van der Waals surface area contributed by atoms with Crippen LogP contribution in [0.4, 0.5) is 8.78 Å². The Morgan fingerprint density at radius 2 is 1.73 bits per heavy atom. The molecular weight excluding hydrogens is 524 g/mol. The summed E-state index contributed by atoms with van der Waals surface area (Å²) in [6, 6.07) is 7.50. The van der Waals surface area contributed by atoms with Crippen LogP contribution in [-0.4, -0.2) is 51.0 Å². The van der Waals surface area contributed by atoms with Gasteiger partial charge in [0.2, 0.25) is 15.9 Å². The number of carbonyl (C=O) groups is 1. The van der Waals surface area contributed by atoms with E-state index in [1.165, 1.54) is 60.6 Å². The predicted molar refractivity (Wildman–Crippen MR) is 137 cm³/mol. The lowest BCUT2D eigenvalue weighted by Crippen LogP contribution is -2.56. The number of nitrogens with zero attached hydrogens (tertiary/aromatic N) is 1. The summed E-state index contributed by atoms with van der Waals surface area (Å²) in [6.07, 6.45) is 6.26. The van der Waals surface area contributed by atoms with Gasteiger partial charge in [0.05, 0.1) is 11.5 Å². The van der Waals surface area contributed by atoms with Crippen molar-refractivity contribution in [1.29, 1.82) is 0 Å². The van der Waals surface area contributed by atoms with Gasteiger partial charge in [-0.15, -0.1) is 0 Å². The van der Waals surface area contributed by atoms with Gasteiger partial charge in [-0.1, -0.05) is 43.0 Å². The first-order valence-corrected chi connectivity index (χ1v) is 14.4. The van der Waals surface area contributed by atoms with Crippen LogP contribution in [0.1, 0.15) is 44.1 Å². The number of ether oxygens (including phenoxy) is 1. The molecule has 0 spiro atoms. The van der Waals surface area contributed by atoms with Crippen LogP contribution in [0.3, 0.4) is 0 Å². The minimum Gasteiger partial charge on any atom is -0.493 e. The lowest BCUT2D eigenvalue weighted by Gasteiger charge is -2.30. The second-order valence-corrected chi connectivity index (χ2v) is 12.0. The maximum Gasteiger partial charge on any atom is 0.298 e. The smallest absolute Gasteiger partial charge is 0.298 e. The highest BCUT2D eigenvalue weighted by Crippen LogP contribution is 2.35. The molecule has 2 aromatic rings. The maximum atomic E-state index is 15.7. The van der Waals surface area contributed by atoms with Gasteiger partial charge >= 0.3 is 0 Å². The van der Waals surface area contributed by atoms with E-state index < -0.39 is 33.5 Å². The van der Waals surface area contributed by atoms with Crippen molar-refractivity contribution in [3.63, 3.8) is 0 Å². The van der Waals surface area contributed by atoms with E-state index in [0.717, 1.165) is 25.0 Å². The summed E-state index contributed by atoms with van der Waals surface area (Å²) < 4.78 is 65.5. The fourth-order valence-electron chi connectivity index (χ4n) is 4.79. The molecule has 1 heterocycles. The summed E-state index contributed by atoms with van der Waals surface area (Å²) in [5.41, 5.74) is 5.32. The Labute approximate surface area is 221 Å². The van der Waals surface area contributed by atoms with Gasteiger partial charge in [-0.3, -0.25) is 4.79 Å². The number of hydrogen-bond acceptors (Lipinski definition) is 5. The second kappa shape index (κ2) is 11.6. The van der Waals surface area contributed by atoms with Crippen LogP contribution in [0.2, 0.25) is 5.02 Å². The molecule has 2 aromatic carbocycles. The largest absolute Gasteiger partial charge is 0.493 e. The predicted octanol–water partition coefficient (Wildman–Crippen LogP) is 4.30. The fourth-order valence-corrected chi connectivity index (χ4v) is 6.11. The van der Waals surface area contributed by atoms with Crippen LogP contribution in [0.15, 0.2) is 53.4 Å². The van der Waals surface area contributed by atoms with E-state index in [-0.39, 0.29) is 29.0 Å². The van der Waals surface area contributed by atoms with Crippen molar-refractivity contribution in [3.8, 4) is 5.75 Å². The molecule has 4 rings (SSSR count). The number of hydrogen-bond donors (Lipinski definition) is 2. The zero-order chi connectivity index (χ0) is 26.6. The number of halogens is 3. The lowest BCUT2D eigenvalue weighted by atomic mass is 9.90. The Morgan fingerprint density at radius 1 is 1.08 bits per heavy atom. The van der Waals surface area contributed by atoms with Gasteiger partial charge in [0.15, 0.2) is 6.04 Å². The third-order valence-corrected chi connectivity index (χ3v) is 8.68. The van der Waals surface area contributed by atoms with Crippen LogP contribution in [0, 0.1) is 5.92 Å². The maximum absolute atomic E-state index is 15.7. The summed E-state index contributed by atoms with van der Waals surface area (Å²) in [5.74, 6) is -3.93. The Hall–Kier alpha value is -2.27. The summed E-state index contributed by atoms with van der Waals surface area (Å²) >= 11 is 5.83. The van der Waals surface area contributed by atoms with E-state index in [9.17, 15) is 13.2 Å². The first kappa shape index (κ1) is 27.8. The normalized spacial score (nSPS) is 20.1. The number of likely N-dealkylation sites (tertiary alicyclic amines) is 1. The quantitative estimate of drug-likeness (QED) is 0.480. The average Bonchev–Trinajstić information content (AvgIpc) is 3.33. The minimum atomic E-state index is -4.49. The van der Waals surface area contributed by atoms with Gasteiger partial charge in [-0.05, 0) is 61.6 Å². The summed E-state index contributed by atoms with van der Waals surface area (Å²) in [4.78, 5) is 14.1. The molecule has 1 saturated heterocycles. The third-order valence-electron chi connectivity index (χ3n) is 6.99. The van der Waals surface area contributed by atoms with E-state index in [4.69, 9.17) is 22.1 Å². The molecule has 202 valence electrons. The molecule has 3 N–H and O–H groups in total. The van der Waals surface area contributed by atoms with E-state index in [1.54, 1.807) is 0 Å². The van der Waals surface area contributed by atoms with Crippen LogP contribution >= 0.6 is 11.6 Å². The number of nitrogens with one attached hydrogen (secondary N) is 1. The van der Waals surface area contributed by atoms with Gasteiger partial charge in [0.1, 0.15) is 5.75 Å². The zero-order valence-corrected chi connectivity index (χ0v) is 22.0. The molecule has 2 aliphatic rings. The molecule has 2 fully saturated rings. The summed E-state index contributed by atoms with van der Waals surface area (Å²) in [5, 5.41) is 0.235. The molecule has 0 aromatic heterocycles. The fraction of sp³-hybridized carbons (Fsp3) is 0.500. The van der Waals surface area contributed by atoms with E-state index in [1.807, 2.05) is 4.72 Å². The van der Waals surface area contributed by atoms with Crippen molar-refractivity contribution in [1.82, 2.24) is 9.62 Å². The first-order chi connectivity index (χ1) is 17.6. The molecular formula is C26H32ClF2N3O4S. The number of amides is 1. The number of nitrogens with two attached hydrogens (primary N) is 1. The van der Waals surface area contributed by atoms with Gasteiger partial charge in [0.25, 0.3) is 5.92 Å². The Balaban J connectivity index is 1.54. The Morgan fingerprint density at radius 3 is 2.32 bits per heavy atom. The minimum absolute atomic E-state index is 0.0702. The molecule has 1 aliphatic carbocycles. The highest BCUT2D eigenvalue weighted by Gasteiger charge is 2.50. The number of benzene rings is 2. The molecule has 1 amide bonds. The van der Waals surface area contributed by atoms with Crippen molar-refractivity contribution in [2.75, 3.05) is 19.7 Å². The van der Waals surface area contributed by atoms with Gasteiger partial charge in [0, 0.05) is 29.7 Å². The van der Waals surface area contributed by atoms with Crippen molar-refractivity contribution in [2.45, 2.75) is 61.4 Å². The van der Waals surface area contributed by atoms with Crippen LogP contribution in [0.5, 0.6) is 5.75 Å². The number of alkyl halides is 2. The zero-order valence-electron chi connectivity index (χ0n) is 20.4. The molecule has 2 atom stereocenters. The van der Waals surface area contributed by atoms with Crippen LogP contribution in [-0.2, 0) is 20.7 Å². The van der Waals surface area contributed by atoms with Crippen LogP contribution in [0.25, 0.3) is 0 Å². The number of carbonyl (C=O) groups excluding carboxylic acids is 1. The van der Waals surface area contributed by atoms with E-state index >= 15 is 8.78 Å².